The molecule has 0 unspecified atom stereocenters. The Morgan fingerprint density at radius 2 is 1.66 bits per heavy atom. The van der Waals surface area contributed by atoms with Crippen molar-refractivity contribution in [2.45, 2.75) is 57.4 Å². The topological polar surface area (TPSA) is 64.9 Å². The molecule has 3 aromatic rings. The first-order chi connectivity index (χ1) is 14.1. The predicted octanol–water partition coefficient (Wildman–Crippen LogP) is 5.07. The molecule has 29 heavy (non-hydrogen) atoms. The lowest BCUT2D eigenvalue weighted by atomic mass is 9.80. The second-order valence-electron chi connectivity index (χ2n) is 8.16. The van der Waals surface area contributed by atoms with Crippen molar-refractivity contribution in [1.82, 2.24) is 20.2 Å². The molecule has 0 radical (unpaired) electrons. The van der Waals surface area contributed by atoms with Crippen LogP contribution in [0.15, 0.2) is 48.5 Å². The minimum Gasteiger partial charge on any atom is -0.497 e. The molecule has 4 rings (SSSR count). The molecule has 0 amide bonds. The smallest absolute Gasteiger partial charge is 0.181 e. The summed E-state index contributed by atoms with van der Waals surface area (Å²) in [5, 5.41) is 16.7. The quantitative estimate of drug-likeness (QED) is 0.636. The third kappa shape index (κ3) is 3.97. The van der Waals surface area contributed by atoms with Gasteiger partial charge in [0.05, 0.1) is 18.3 Å². The monoisotopic (exact) mass is 391 g/mol. The van der Waals surface area contributed by atoms with Gasteiger partial charge in [-0.3, -0.25) is 0 Å². The standard InChI is InChI=1S/C23H29N5O/c1-17(2)18-7-11-20(12-8-18)28-22(25-26-27-28)23(15-5-4-6-16-23)24-19-9-13-21(29-3)14-10-19/h7-14,17,24H,4-6,15-16H2,1-3H3. The van der Waals surface area contributed by atoms with Crippen LogP contribution < -0.4 is 10.1 Å². The van der Waals surface area contributed by atoms with E-state index < -0.39 is 0 Å². The maximum atomic E-state index is 5.30. The highest BCUT2D eigenvalue weighted by Gasteiger charge is 2.39. The van der Waals surface area contributed by atoms with Gasteiger partial charge >= 0.3 is 0 Å². The molecule has 1 fully saturated rings. The molecular weight excluding hydrogens is 362 g/mol. The van der Waals surface area contributed by atoms with Gasteiger partial charge in [0.1, 0.15) is 5.75 Å². The lowest BCUT2D eigenvalue weighted by molar-refractivity contribution is 0.309. The Morgan fingerprint density at radius 3 is 2.28 bits per heavy atom. The second kappa shape index (κ2) is 8.23. The van der Waals surface area contributed by atoms with E-state index in [4.69, 9.17) is 4.74 Å². The molecule has 0 spiro atoms. The zero-order valence-electron chi connectivity index (χ0n) is 17.4. The number of methoxy groups -OCH3 is 1. The van der Waals surface area contributed by atoms with Crippen LogP contribution in [-0.4, -0.2) is 27.3 Å². The van der Waals surface area contributed by atoms with Crippen LogP contribution in [0.3, 0.4) is 0 Å². The van der Waals surface area contributed by atoms with Crippen molar-refractivity contribution in [3.8, 4) is 11.4 Å². The fourth-order valence-corrected chi connectivity index (χ4v) is 4.17. The Labute approximate surface area is 172 Å². The fraction of sp³-hybridized carbons (Fsp3) is 0.435. The number of aromatic nitrogens is 4. The highest BCUT2D eigenvalue weighted by atomic mass is 16.5. The Balaban J connectivity index is 1.70. The summed E-state index contributed by atoms with van der Waals surface area (Å²) in [6.07, 6.45) is 5.56. The van der Waals surface area contributed by atoms with E-state index in [0.717, 1.165) is 48.6 Å². The third-order valence-corrected chi connectivity index (χ3v) is 5.88. The number of benzene rings is 2. The number of tetrazole rings is 1. The lowest BCUT2D eigenvalue weighted by Crippen LogP contribution is -2.40. The summed E-state index contributed by atoms with van der Waals surface area (Å²) in [6.45, 7) is 4.40. The Hall–Kier alpha value is -2.89. The Morgan fingerprint density at radius 1 is 0.966 bits per heavy atom. The minimum atomic E-state index is -0.285. The summed E-state index contributed by atoms with van der Waals surface area (Å²) in [7, 11) is 1.68. The van der Waals surface area contributed by atoms with Gasteiger partial charge in [0, 0.05) is 5.69 Å². The van der Waals surface area contributed by atoms with E-state index in [0.29, 0.717) is 5.92 Å². The van der Waals surface area contributed by atoms with E-state index in [9.17, 15) is 0 Å². The average molecular weight is 392 g/mol. The molecule has 0 bridgehead atoms. The first-order valence-electron chi connectivity index (χ1n) is 10.4. The number of anilines is 1. The molecule has 1 aliphatic carbocycles. The zero-order valence-corrected chi connectivity index (χ0v) is 17.4. The summed E-state index contributed by atoms with van der Waals surface area (Å²) >= 11 is 0. The highest BCUT2D eigenvalue weighted by molar-refractivity contribution is 5.50. The molecule has 1 aliphatic rings. The van der Waals surface area contributed by atoms with Crippen LogP contribution in [0, 0.1) is 0 Å². The van der Waals surface area contributed by atoms with E-state index in [1.807, 2.05) is 16.8 Å². The van der Waals surface area contributed by atoms with Crippen molar-refractivity contribution in [2.75, 3.05) is 12.4 Å². The largest absolute Gasteiger partial charge is 0.497 e. The molecule has 0 atom stereocenters. The Kier molecular flexibility index (Phi) is 5.51. The first-order valence-corrected chi connectivity index (χ1v) is 10.4. The highest BCUT2D eigenvalue weighted by Crippen LogP contribution is 2.39. The molecule has 0 aliphatic heterocycles. The normalized spacial score (nSPS) is 16.0. The zero-order chi connectivity index (χ0) is 20.3. The fourth-order valence-electron chi connectivity index (χ4n) is 4.17. The molecule has 6 nitrogen and oxygen atoms in total. The van der Waals surface area contributed by atoms with Crippen LogP contribution in [0.4, 0.5) is 5.69 Å². The molecule has 1 heterocycles. The van der Waals surface area contributed by atoms with Crippen LogP contribution in [0.1, 0.15) is 63.3 Å². The summed E-state index contributed by atoms with van der Waals surface area (Å²) in [5.41, 5.74) is 3.08. The van der Waals surface area contributed by atoms with Crippen LogP contribution >= 0.6 is 0 Å². The van der Waals surface area contributed by atoms with E-state index in [2.05, 4.69) is 71.1 Å². The number of nitrogens with zero attached hydrogens (tertiary/aromatic N) is 4. The summed E-state index contributed by atoms with van der Waals surface area (Å²) in [6, 6.07) is 16.6. The van der Waals surface area contributed by atoms with Gasteiger partial charge in [-0.25, -0.2) is 0 Å². The van der Waals surface area contributed by atoms with E-state index in [-0.39, 0.29) is 5.54 Å². The van der Waals surface area contributed by atoms with Crippen LogP contribution in [0.25, 0.3) is 5.69 Å². The third-order valence-electron chi connectivity index (χ3n) is 5.88. The first kappa shape index (κ1) is 19.4. The summed E-state index contributed by atoms with van der Waals surface area (Å²) in [4.78, 5) is 0. The number of nitrogens with one attached hydrogen (secondary N) is 1. The maximum absolute atomic E-state index is 5.30. The average Bonchev–Trinajstić information content (AvgIpc) is 3.26. The van der Waals surface area contributed by atoms with E-state index in [1.165, 1.54) is 12.0 Å². The van der Waals surface area contributed by atoms with Gasteiger partial charge in [0.25, 0.3) is 0 Å². The molecular formula is C23H29N5O. The molecule has 2 aromatic carbocycles. The van der Waals surface area contributed by atoms with E-state index in [1.54, 1.807) is 7.11 Å². The molecule has 1 saturated carbocycles. The van der Waals surface area contributed by atoms with Gasteiger partial charge in [0.15, 0.2) is 5.82 Å². The van der Waals surface area contributed by atoms with Crippen LogP contribution in [0.2, 0.25) is 0 Å². The number of hydrogen-bond acceptors (Lipinski definition) is 5. The molecule has 152 valence electrons. The Bertz CT molecular complexity index is 925. The number of hydrogen-bond donors (Lipinski definition) is 1. The molecule has 0 saturated heterocycles. The van der Waals surface area contributed by atoms with Crippen molar-refractivity contribution in [1.29, 1.82) is 0 Å². The molecule has 1 aromatic heterocycles. The predicted molar refractivity (Wildman–Crippen MR) is 115 cm³/mol. The van der Waals surface area contributed by atoms with Gasteiger partial charge in [-0.15, -0.1) is 5.10 Å². The van der Waals surface area contributed by atoms with Crippen molar-refractivity contribution >= 4 is 5.69 Å². The summed E-state index contributed by atoms with van der Waals surface area (Å²) in [5.74, 6) is 2.23. The van der Waals surface area contributed by atoms with Crippen molar-refractivity contribution in [3.05, 3.63) is 59.9 Å². The van der Waals surface area contributed by atoms with Crippen LogP contribution in [0.5, 0.6) is 5.75 Å². The van der Waals surface area contributed by atoms with E-state index >= 15 is 0 Å². The van der Waals surface area contributed by atoms with Crippen molar-refractivity contribution < 1.29 is 4.74 Å². The van der Waals surface area contributed by atoms with Crippen LogP contribution in [-0.2, 0) is 5.54 Å². The minimum absolute atomic E-state index is 0.285. The van der Waals surface area contributed by atoms with Crippen molar-refractivity contribution in [3.63, 3.8) is 0 Å². The number of ether oxygens (including phenoxy) is 1. The lowest BCUT2D eigenvalue weighted by Gasteiger charge is -2.37. The summed E-state index contributed by atoms with van der Waals surface area (Å²) < 4.78 is 7.19. The van der Waals surface area contributed by atoms with Gasteiger partial charge < -0.3 is 10.1 Å². The van der Waals surface area contributed by atoms with Crippen molar-refractivity contribution in [2.24, 2.45) is 0 Å². The van der Waals surface area contributed by atoms with Gasteiger partial charge in [0.2, 0.25) is 0 Å². The van der Waals surface area contributed by atoms with Gasteiger partial charge in [-0.1, -0.05) is 45.2 Å². The maximum Gasteiger partial charge on any atom is 0.181 e. The van der Waals surface area contributed by atoms with Gasteiger partial charge in [-0.05, 0) is 71.1 Å². The molecule has 6 heteroatoms. The second-order valence-corrected chi connectivity index (χ2v) is 8.16. The van der Waals surface area contributed by atoms with Gasteiger partial charge in [-0.2, -0.15) is 4.68 Å². The SMILES string of the molecule is COc1ccc(NC2(c3nnnn3-c3ccc(C(C)C)cc3)CCCCC2)cc1. The molecule has 1 N–H and O–H groups in total. The number of rotatable bonds is 6.